The molecule has 2 aromatic heterocycles. The van der Waals surface area contributed by atoms with Crippen molar-refractivity contribution < 1.29 is 4.39 Å². The molecule has 112 valence electrons. The lowest BCUT2D eigenvalue weighted by molar-refractivity contribution is 0.231. The Morgan fingerprint density at radius 1 is 1.32 bits per heavy atom. The van der Waals surface area contributed by atoms with E-state index in [1.54, 1.807) is 19.2 Å². The summed E-state index contributed by atoms with van der Waals surface area (Å²) in [5.74, 6) is 3.40. The minimum absolute atomic E-state index is 0.237. The van der Waals surface area contributed by atoms with E-state index in [1.807, 2.05) is 10.9 Å². The fourth-order valence-corrected chi connectivity index (χ4v) is 3.15. The van der Waals surface area contributed by atoms with Gasteiger partial charge in [-0.15, -0.1) is 12.3 Å². The van der Waals surface area contributed by atoms with Gasteiger partial charge in [-0.1, -0.05) is 0 Å². The van der Waals surface area contributed by atoms with Crippen LogP contribution in [0.2, 0.25) is 0 Å². The van der Waals surface area contributed by atoms with Crippen LogP contribution in [-0.4, -0.2) is 14.8 Å². The van der Waals surface area contributed by atoms with E-state index in [1.165, 1.54) is 0 Å². The van der Waals surface area contributed by atoms with Gasteiger partial charge in [0, 0.05) is 35.4 Å². The van der Waals surface area contributed by atoms with Gasteiger partial charge in [0.25, 0.3) is 0 Å². The maximum atomic E-state index is 14.4. The molecule has 0 aliphatic heterocycles. The summed E-state index contributed by atoms with van der Waals surface area (Å²) in [6.45, 7) is 1.70. The summed E-state index contributed by atoms with van der Waals surface area (Å²) >= 11 is 0. The molecule has 2 aromatic rings. The van der Waals surface area contributed by atoms with Crippen LogP contribution in [-0.2, 0) is 0 Å². The van der Waals surface area contributed by atoms with Crippen molar-refractivity contribution in [2.45, 2.75) is 44.6 Å². The zero-order valence-corrected chi connectivity index (χ0v) is 12.6. The summed E-state index contributed by atoms with van der Waals surface area (Å²) in [4.78, 5) is 4.02. The Morgan fingerprint density at radius 2 is 2.09 bits per heavy atom. The van der Waals surface area contributed by atoms with Gasteiger partial charge in [-0.2, -0.15) is 5.10 Å². The summed E-state index contributed by atoms with van der Waals surface area (Å²) < 4.78 is 16.5. The molecule has 0 saturated heterocycles. The third-order valence-corrected chi connectivity index (χ3v) is 4.80. The first kappa shape index (κ1) is 13.5. The normalized spacial score (nSPS) is 23.9. The van der Waals surface area contributed by atoms with Crippen molar-refractivity contribution in [3.8, 4) is 23.5 Å². The number of hydrogen-bond acceptors (Lipinski definition) is 2. The van der Waals surface area contributed by atoms with Gasteiger partial charge in [0.05, 0.1) is 17.4 Å². The quantitative estimate of drug-likeness (QED) is 0.805. The van der Waals surface area contributed by atoms with Crippen molar-refractivity contribution in [1.82, 2.24) is 14.8 Å². The van der Waals surface area contributed by atoms with Gasteiger partial charge in [0.15, 0.2) is 5.82 Å². The van der Waals surface area contributed by atoms with Crippen molar-refractivity contribution >= 4 is 0 Å². The molecule has 0 amide bonds. The zero-order chi connectivity index (χ0) is 15.3. The molecule has 2 aliphatic carbocycles. The summed E-state index contributed by atoms with van der Waals surface area (Å²) in [7, 11) is 0. The topological polar surface area (TPSA) is 30.7 Å². The highest BCUT2D eigenvalue weighted by molar-refractivity contribution is 5.67. The molecule has 0 radical (unpaired) electrons. The second-order valence-corrected chi connectivity index (χ2v) is 6.43. The van der Waals surface area contributed by atoms with Crippen LogP contribution in [0.1, 0.15) is 49.0 Å². The van der Waals surface area contributed by atoms with Crippen LogP contribution >= 0.6 is 0 Å². The fraction of sp³-hybridized carbons (Fsp3) is 0.444. The first-order chi connectivity index (χ1) is 10.7. The summed E-state index contributed by atoms with van der Waals surface area (Å²) in [5, 5.41) is 4.77. The Kier molecular flexibility index (Phi) is 3.04. The van der Waals surface area contributed by atoms with Crippen molar-refractivity contribution in [2.24, 2.45) is 5.92 Å². The van der Waals surface area contributed by atoms with Crippen LogP contribution in [0.25, 0.3) is 11.1 Å². The Bertz CT molecular complexity index is 761. The number of hydrogen-bond donors (Lipinski definition) is 0. The van der Waals surface area contributed by atoms with E-state index in [2.05, 4.69) is 10.9 Å². The second kappa shape index (κ2) is 4.95. The first-order valence-electron chi connectivity index (χ1n) is 7.84. The number of pyridine rings is 1. The van der Waals surface area contributed by atoms with E-state index in [4.69, 9.17) is 11.5 Å². The minimum atomic E-state index is -0.237. The lowest BCUT2D eigenvalue weighted by Gasteiger charge is -2.31. The van der Waals surface area contributed by atoms with Gasteiger partial charge in [-0.25, -0.2) is 4.39 Å². The molecule has 0 unspecified atom stereocenters. The first-order valence-corrected chi connectivity index (χ1v) is 7.84. The summed E-state index contributed by atoms with van der Waals surface area (Å²) in [6, 6.07) is 2.11. The van der Waals surface area contributed by atoms with Crippen molar-refractivity contribution in [1.29, 1.82) is 0 Å². The molecule has 0 spiro atoms. The molecule has 3 nitrogen and oxygen atoms in total. The smallest absolute Gasteiger partial charge is 0.152 e. The van der Waals surface area contributed by atoms with Gasteiger partial charge >= 0.3 is 0 Å². The predicted octanol–water partition coefficient (Wildman–Crippen LogP) is 3.85. The molecule has 22 heavy (non-hydrogen) atoms. The Hall–Kier alpha value is -2.15. The highest BCUT2D eigenvalue weighted by atomic mass is 19.1. The molecular weight excluding hydrogens is 277 g/mol. The fourth-order valence-electron chi connectivity index (χ4n) is 3.15. The van der Waals surface area contributed by atoms with Crippen LogP contribution in [0.5, 0.6) is 0 Å². The molecule has 0 atom stereocenters. The molecule has 2 fully saturated rings. The average Bonchev–Trinajstić information content (AvgIpc) is 3.22. The van der Waals surface area contributed by atoms with Crippen molar-refractivity contribution in [3.63, 3.8) is 0 Å². The number of terminal acetylenes is 1. The third kappa shape index (κ3) is 2.12. The molecular formula is C18H18FN3. The van der Waals surface area contributed by atoms with Crippen LogP contribution in [0.3, 0.4) is 0 Å². The van der Waals surface area contributed by atoms with Crippen molar-refractivity contribution in [2.75, 3.05) is 0 Å². The molecule has 4 heteroatoms. The highest BCUT2D eigenvalue weighted by Crippen LogP contribution is 2.46. The van der Waals surface area contributed by atoms with Crippen LogP contribution < -0.4 is 0 Å². The van der Waals surface area contributed by atoms with E-state index in [0.29, 0.717) is 29.1 Å². The predicted molar refractivity (Wildman–Crippen MR) is 82.7 cm³/mol. The number of aryl methyl sites for hydroxylation is 1. The minimum Gasteiger partial charge on any atom is -0.269 e. The number of rotatable bonds is 3. The lowest BCUT2D eigenvalue weighted by Crippen LogP contribution is -2.26. The summed E-state index contributed by atoms with van der Waals surface area (Å²) in [5.41, 5.74) is 3.01. The number of nitrogens with zero attached hydrogens (tertiary/aromatic N) is 3. The van der Waals surface area contributed by atoms with Gasteiger partial charge in [0.1, 0.15) is 0 Å². The second-order valence-electron chi connectivity index (χ2n) is 6.43. The molecule has 4 rings (SSSR count). The molecule has 0 aromatic carbocycles. The molecule has 2 heterocycles. The highest BCUT2D eigenvalue weighted by Gasteiger charge is 2.34. The van der Waals surface area contributed by atoms with Gasteiger partial charge in [-0.05, 0) is 38.7 Å². The van der Waals surface area contributed by atoms with Crippen molar-refractivity contribution in [3.05, 3.63) is 35.7 Å². The number of aromatic nitrogens is 3. The molecule has 2 aliphatic rings. The van der Waals surface area contributed by atoms with E-state index in [0.717, 1.165) is 36.9 Å². The van der Waals surface area contributed by atoms with Gasteiger partial charge in [-0.3, -0.25) is 9.67 Å². The third-order valence-electron chi connectivity index (χ3n) is 4.80. The maximum absolute atomic E-state index is 14.4. The maximum Gasteiger partial charge on any atom is 0.152 e. The average molecular weight is 295 g/mol. The lowest BCUT2D eigenvalue weighted by atomic mass is 9.81. The van der Waals surface area contributed by atoms with E-state index in [-0.39, 0.29) is 5.82 Å². The largest absolute Gasteiger partial charge is 0.269 e. The molecule has 0 bridgehead atoms. The van der Waals surface area contributed by atoms with Crippen LogP contribution in [0.4, 0.5) is 4.39 Å². The standard InChI is InChI=1S/C18H18FN3/c1-3-12-8-14(9-12)22-10-16(18(21-22)13-4-5-13)15-6-7-20-11(2)17(15)19/h1,6-7,10,12-14H,4-5,8-9H2,2H3. The van der Waals surface area contributed by atoms with Crippen LogP contribution in [0, 0.1) is 31.0 Å². The monoisotopic (exact) mass is 295 g/mol. The van der Waals surface area contributed by atoms with Gasteiger partial charge < -0.3 is 0 Å². The zero-order valence-electron chi connectivity index (χ0n) is 12.6. The SMILES string of the molecule is C#CC1CC(n2cc(-c3ccnc(C)c3F)c(C3CC3)n2)C1. The van der Waals surface area contributed by atoms with Crippen LogP contribution in [0.15, 0.2) is 18.5 Å². The summed E-state index contributed by atoms with van der Waals surface area (Å²) in [6.07, 6.45) is 13.4. The Balaban J connectivity index is 1.74. The molecule has 2 saturated carbocycles. The Labute approximate surface area is 129 Å². The van der Waals surface area contributed by atoms with E-state index in [9.17, 15) is 4.39 Å². The number of halogens is 1. The van der Waals surface area contributed by atoms with E-state index < -0.39 is 0 Å². The van der Waals surface area contributed by atoms with Gasteiger partial charge in [0.2, 0.25) is 0 Å². The Morgan fingerprint density at radius 3 is 2.77 bits per heavy atom. The molecule has 0 N–H and O–H groups in total. The van der Waals surface area contributed by atoms with E-state index >= 15 is 0 Å².